The second-order valence-corrected chi connectivity index (χ2v) is 3.80. The SMILES string of the molecule is Clc1ccc(-c2nc[nH]c2Br)cc1. The highest BCUT2D eigenvalue weighted by molar-refractivity contribution is 9.10. The number of hydrogen-bond acceptors (Lipinski definition) is 1. The maximum absolute atomic E-state index is 5.77. The van der Waals surface area contributed by atoms with Gasteiger partial charge in [-0.1, -0.05) is 23.7 Å². The second-order valence-electron chi connectivity index (χ2n) is 2.57. The van der Waals surface area contributed by atoms with Crippen molar-refractivity contribution in [3.8, 4) is 11.3 Å². The smallest absolute Gasteiger partial charge is 0.110 e. The molecule has 0 aliphatic heterocycles. The lowest BCUT2D eigenvalue weighted by Crippen LogP contribution is -1.77. The minimum atomic E-state index is 0.732. The summed E-state index contributed by atoms with van der Waals surface area (Å²) < 4.78 is 0.884. The third kappa shape index (κ3) is 1.76. The van der Waals surface area contributed by atoms with Crippen molar-refractivity contribution in [1.82, 2.24) is 9.97 Å². The summed E-state index contributed by atoms with van der Waals surface area (Å²) in [5.41, 5.74) is 1.94. The Kier molecular flexibility index (Phi) is 2.38. The molecule has 0 unspecified atom stereocenters. The zero-order valence-electron chi connectivity index (χ0n) is 6.59. The van der Waals surface area contributed by atoms with Crippen molar-refractivity contribution in [2.75, 3.05) is 0 Å². The Labute approximate surface area is 89.1 Å². The fourth-order valence-corrected chi connectivity index (χ4v) is 1.65. The molecule has 13 heavy (non-hydrogen) atoms. The number of aromatic nitrogens is 2. The van der Waals surface area contributed by atoms with Gasteiger partial charge in [0.2, 0.25) is 0 Å². The number of imidazole rings is 1. The number of rotatable bonds is 1. The van der Waals surface area contributed by atoms with Crippen molar-refractivity contribution in [3.63, 3.8) is 0 Å². The van der Waals surface area contributed by atoms with E-state index in [1.54, 1.807) is 6.33 Å². The van der Waals surface area contributed by atoms with Crippen LogP contribution in [0, 0.1) is 0 Å². The predicted octanol–water partition coefficient (Wildman–Crippen LogP) is 3.49. The van der Waals surface area contributed by atoms with Crippen LogP contribution in [-0.4, -0.2) is 9.97 Å². The molecule has 2 nitrogen and oxygen atoms in total. The summed E-state index contributed by atoms with van der Waals surface area (Å²) in [7, 11) is 0. The van der Waals surface area contributed by atoms with E-state index in [-0.39, 0.29) is 0 Å². The lowest BCUT2D eigenvalue weighted by Gasteiger charge is -1.97. The Hall–Kier alpha value is -0.800. The van der Waals surface area contributed by atoms with Crippen molar-refractivity contribution >= 4 is 27.5 Å². The van der Waals surface area contributed by atoms with Crippen LogP contribution >= 0.6 is 27.5 Å². The van der Waals surface area contributed by atoms with E-state index >= 15 is 0 Å². The molecule has 0 aliphatic carbocycles. The van der Waals surface area contributed by atoms with Crippen LogP contribution in [0.3, 0.4) is 0 Å². The van der Waals surface area contributed by atoms with Crippen LogP contribution in [0.15, 0.2) is 35.2 Å². The molecular weight excluding hydrogens is 251 g/mol. The van der Waals surface area contributed by atoms with E-state index in [1.807, 2.05) is 24.3 Å². The highest BCUT2D eigenvalue weighted by Crippen LogP contribution is 2.25. The van der Waals surface area contributed by atoms with Gasteiger partial charge in [0.1, 0.15) is 10.3 Å². The second kappa shape index (κ2) is 3.52. The molecule has 1 heterocycles. The Bertz CT molecular complexity index is 408. The lowest BCUT2D eigenvalue weighted by atomic mass is 10.2. The van der Waals surface area contributed by atoms with E-state index in [9.17, 15) is 0 Å². The van der Waals surface area contributed by atoms with Gasteiger partial charge in [-0.15, -0.1) is 0 Å². The minimum Gasteiger partial charge on any atom is -0.339 e. The Morgan fingerprint density at radius 1 is 1.23 bits per heavy atom. The van der Waals surface area contributed by atoms with Gasteiger partial charge in [-0.3, -0.25) is 0 Å². The van der Waals surface area contributed by atoms with Crippen LogP contribution < -0.4 is 0 Å². The van der Waals surface area contributed by atoms with E-state index in [0.717, 1.165) is 20.9 Å². The maximum atomic E-state index is 5.77. The average molecular weight is 258 g/mol. The number of benzene rings is 1. The van der Waals surface area contributed by atoms with Crippen molar-refractivity contribution in [2.24, 2.45) is 0 Å². The summed E-state index contributed by atoms with van der Waals surface area (Å²) in [6.07, 6.45) is 1.65. The summed E-state index contributed by atoms with van der Waals surface area (Å²) in [6, 6.07) is 7.56. The zero-order valence-corrected chi connectivity index (χ0v) is 8.93. The van der Waals surface area contributed by atoms with Gasteiger partial charge < -0.3 is 4.98 Å². The zero-order chi connectivity index (χ0) is 9.26. The van der Waals surface area contributed by atoms with Gasteiger partial charge in [-0.25, -0.2) is 4.98 Å². The topological polar surface area (TPSA) is 28.7 Å². The van der Waals surface area contributed by atoms with E-state index in [4.69, 9.17) is 11.6 Å². The van der Waals surface area contributed by atoms with Gasteiger partial charge in [0, 0.05) is 10.6 Å². The Balaban J connectivity index is 2.47. The molecule has 66 valence electrons. The molecule has 1 aromatic carbocycles. The molecule has 0 atom stereocenters. The summed E-state index contributed by atoms with van der Waals surface area (Å²) in [5.74, 6) is 0. The van der Waals surface area contributed by atoms with Crippen molar-refractivity contribution in [1.29, 1.82) is 0 Å². The molecule has 0 aliphatic rings. The first-order valence-corrected chi connectivity index (χ1v) is 4.89. The number of nitrogens with one attached hydrogen (secondary N) is 1. The molecule has 0 bridgehead atoms. The van der Waals surface area contributed by atoms with E-state index in [1.165, 1.54) is 0 Å². The maximum Gasteiger partial charge on any atom is 0.110 e. The molecule has 2 rings (SSSR count). The Morgan fingerprint density at radius 3 is 2.46 bits per heavy atom. The quantitative estimate of drug-likeness (QED) is 0.832. The number of halogens is 2. The number of nitrogens with zero attached hydrogens (tertiary/aromatic N) is 1. The van der Waals surface area contributed by atoms with Crippen LogP contribution in [0.2, 0.25) is 5.02 Å². The monoisotopic (exact) mass is 256 g/mol. The standard InChI is InChI=1S/C9H6BrClN2/c10-9-8(12-5-13-9)6-1-3-7(11)4-2-6/h1-5H,(H,12,13). The van der Waals surface area contributed by atoms with E-state index in [0.29, 0.717) is 0 Å². The largest absolute Gasteiger partial charge is 0.339 e. The normalized spacial score (nSPS) is 10.3. The third-order valence-electron chi connectivity index (χ3n) is 1.71. The van der Waals surface area contributed by atoms with Gasteiger partial charge in [-0.05, 0) is 28.1 Å². The first-order valence-electron chi connectivity index (χ1n) is 3.72. The van der Waals surface area contributed by atoms with Crippen LogP contribution in [0.4, 0.5) is 0 Å². The molecule has 1 N–H and O–H groups in total. The fraction of sp³-hybridized carbons (Fsp3) is 0. The van der Waals surface area contributed by atoms with Gasteiger partial charge in [-0.2, -0.15) is 0 Å². The Morgan fingerprint density at radius 2 is 1.92 bits per heavy atom. The molecule has 0 saturated carbocycles. The molecule has 0 saturated heterocycles. The number of H-pyrrole nitrogens is 1. The molecule has 0 amide bonds. The summed E-state index contributed by atoms with van der Waals surface area (Å²) in [4.78, 5) is 7.12. The van der Waals surface area contributed by atoms with Crippen molar-refractivity contribution in [3.05, 3.63) is 40.2 Å². The summed E-state index contributed by atoms with van der Waals surface area (Å²) >= 11 is 9.14. The van der Waals surface area contributed by atoms with Crippen LogP contribution in [0.25, 0.3) is 11.3 Å². The van der Waals surface area contributed by atoms with Crippen molar-refractivity contribution < 1.29 is 0 Å². The van der Waals surface area contributed by atoms with Gasteiger partial charge in [0.25, 0.3) is 0 Å². The van der Waals surface area contributed by atoms with Crippen molar-refractivity contribution in [2.45, 2.75) is 0 Å². The van der Waals surface area contributed by atoms with E-state index < -0.39 is 0 Å². The lowest BCUT2D eigenvalue weighted by molar-refractivity contribution is 1.30. The molecule has 0 spiro atoms. The molecule has 0 radical (unpaired) electrons. The number of aromatic amines is 1. The molecule has 0 fully saturated rings. The molecule has 1 aromatic heterocycles. The van der Waals surface area contributed by atoms with Gasteiger partial charge in [0.15, 0.2) is 0 Å². The highest BCUT2D eigenvalue weighted by atomic mass is 79.9. The van der Waals surface area contributed by atoms with Gasteiger partial charge in [0.05, 0.1) is 6.33 Å². The van der Waals surface area contributed by atoms with Crippen LogP contribution in [0.5, 0.6) is 0 Å². The molecular formula is C9H6BrClN2. The van der Waals surface area contributed by atoms with Crippen LogP contribution in [-0.2, 0) is 0 Å². The highest BCUT2D eigenvalue weighted by Gasteiger charge is 2.04. The minimum absolute atomic E-state index is 0.732. The first kappa shape index (κ1) is 8.78. The summed E-state index contributed by atoms with van der Waals surface area (Å²) in [5, 5.41) is 0.732. The molecule has 4 heteroatoms. The van der Waals surface area contributed by atoms with Gasteiger partial charge >= 0.3 is 0 Å². The molecule has 2 aromatic rings. The fourth-order valence-electron chi connectivity index (χ4n) is 1.09. The average Bonchev–Trinajstić information content (AvgIpc) is 2.53. The predicted molar refractivity (Wildman–Crippen MR) is 56.7 cm³/mol. The first-order chi connectivity index (χ1) is 6.27. The van der Waals surface area contributed by atoms with Crippen LogP contribution in [0.1, 0.15) is 0 Å². The third-order valence-corrected chi connectivity index (χ3v) is 2.57. The summed E-state index contributed by atoms with van der Waals surface area (Å²) in [6.45, 7) is 0. The van der Waals surface area contributed by atoms with E-state index in [2.05, 4.69) is 25.9 Å². The number of hydrogen-bond donors (Lipinski definition) is 1.